The van der Waals surface area contributed by atoms with Gasteiger partial charge >= 0.3 is 0 Å². The summed E-state index contributed by atoms with van der Waals surface area (Å²) in [4.78, 5) is 0. The van der Waals surface area contributed by atoms with Crippen molar-refractivity contribution in [2.75, 3.05) is 23.9 Å². The molecule has 0 aliphatic carbocycles. The second-order valence-electron chi connectivity index (χ2n) is 3.48. The lowest BCUT2D eigenvalue weighted by Crippen LogP contribution is -2.01. The zero-order valence-corrected chi connectivity index (χ0v) is 10.0. The second-order valence-corrected chi connectivity index (χ2v) is 4.47. The molecule has 0 heterocycles. The van der Waals surface area contributed by atoms with Crippen LogP contribution in [0.5, 0.6) is 0 Å². The van der Waals surface area contributed by atoms with Gasteiger partial charge in [0.1, 0.15) is 0 Å². The average Bonchev–Trinajstić information content (AvgIpc) is 2.30. The maximum absolute atomic E-state index is 8.88. The van der Waals surface area contributed by atoms with Crippen LogP contribution in [-0.4, -0.2) is 23.7 Å². The van der Waals surface area contributed by atoms with Crippen LogP contribution in [0.3, 0.4) is 0 Å². The van der Waals surface area contributed by atoms with Crippen LogP contribution < -0.4 is 5.32 Å². The van der Waals surface area contributed by atoms with E-state index >= 15 is 0 Å². The fourth-order valence-electron chi connectivity index (χ4n) is 1.33. The molecule has 1 rings (SSSR count). The summed E-state index contributed by atoms with van der Waals surface area (Å²) in [6, 6.07) is 7.93. The molecule has 1 aromatic carbocycles. The van der Waals surface area contributed by atoms with Crippen LogP contribution in [0, 0.1) is 0 Å². The molecule has 15 heavy (non-hydrogen) atoms. The smallest absolute Gasteiger partial charge is 0.0681 e. The summed E-state index contributed by atoms with van der Waals surface area (Å²) in [7, 11) is 0. The van der Waals surface area contributed by atoms with Gasteiger partial charge < -0.3 is 10.4 Å². The van der Waals surface area contributed by atoms with Crippen molar-refractivity contribution in [3.63, 3.8) is 0 Å². The molecule has 0 radical (unpaired) electrons. The van der Waals surface area contributed by atoms with E-state index in [2.05, 4.69) is 11.6 Å². The van der Waals surface area contributed by atoms with Gasteiger partial charge in [0.2, 0.25) is 0 Å². The Balaban J connectivity index is 2.20. The van der Waals surface area contributed by atoms with Crippen molar-refractivity contribution in [1.82, 2.24) is 0 Å². The van der Waals surface area contributed by atoms with Crippen molar-refractivity contribution < 1.29 is 5.11 Å². The van der Waals surface area contributed by atoms with Gasteiger partial charge in [-0.1, -0.05) is 12.1 Å². The average molecular weight is 225 g/mol. The van der Waals surface area contributed by atoms with Gasteiger partial charge in [-0.05, 0) is 42.5 Å². The minimum Gasteiger partial charge on any atom is -0.392 e. The summed E-state index contributed by atoms with van der Waals surface area (Å²) in [5.41, 5.74) is 2.10. The van der Waals surface area contributed by atoms with Gasteiger partial charge in [-0.15, -0.1) is 0 Å². The molecular formula is C12H19NOS. The van der Waals surface area contributed by atoms with E-state index < -0.39 is 0 Å². The summed E-state index contributed by atoms with van der Waals surface area (Å²) in [5.74, 6) is 1.24. The predicted molar refractivity (Wildman–Crippen MR) is 68.5 cm³/mol. The topological polar surface area (TPSA) is 32.3 Å². The van der Waals surface area contributed by atoms with Crippen LogP contribution in [0.15, 0.2) is 24.3 Å². The van der Waals surface area contributed by atoms with Crippen LogP contribution >= 0.6 is 11.8 Å². The number of aliphatic hydroxyl groups excluding tert-OH is 1. The van der Waals surface area contributed by atoms with E-state index in [1.807, 2.05) is 36.0 Å². The third-order valence-electron chi connectivity index (χ3n) is 2.24. The molecule has 0 atom stereocenters. The minimum atomic E-state index is 0.119. The monoisotopic (exact) mass is 225 g/mol. The zero-order chi connectivity index (χ0) is 10.9. The molecule has 3 heteroatoms. The lowest BCUT2D eigenvalue weighted by Gasteiger charge is -2.06. The fourth-order valence-corrected chi connectivity index (χ4v) is 1.82. The Bertz CT molecular complexity index is 261. The van der Waals surface area contributed by atoms with Crippen molar-refractivity contribution in [2.45, 2.75) is 19.4 Å². The maximum Gasteiger partial charge on any atom is 0.0681 e. The highest BCUT2D eigenvalue weighted by Gasteiger charge is 1.93. The zero-order valence-electron chi connectivity index (χ0n) is 9.20. The number of aliphatic hydroxyl groups is 1. The number of thioether (sulfide) groups is 1. The maximum atomic E-state index is 8.88. The first kappa shape index (κ1) is 12.4. The molecule has 0 saturated heterocycles. The van der Waals surface area contributed by atoms with Crippen LogP contribution in [0.4, 0.5) is 5.69 Å². The highest BCUT2D eigenvalue weighted by molar-refractivity contribution is 7.98. The summed E-state index contributed by atoms with van der Waals surface area (Å²) >= 11 is 1.90. The first-order valence-electron chi connectivity index (χ1n) is 5.29. The molecule has 0 aromatic heterocycles. The van der Waals surface area contributed by atoms with Crippen molar-refractivity contribution in [3.05, 3.63) is 29.8 Å². The van der Waals surface area contributed by atoms with Gasteiger partial charge in [0.15, 0.2) is 0 Å². The van der Waals surface area contributed by atoms with E-state index in [4.69, 9.17) is 5.11 Å². The van der Waals surface area contributed by atoms with Gasteiger partial charge in [0.25, 0.3) is 0 Å². The number of hydrogen-bond donors (Lipinski definition) is 2. The number of benzene rings is 1. The van der Waals surface area contributed by atoms with E-state index in [0.29, 0.717) is 0 Å². The molecule has 0 unspecified atom stereocenters. The van der Waals surface area contributed by atoms with Crippen LogP contribution in [0.2, 0.25) is 0 Å². The van der Waals surface area contributed by atoms with Gasteiger partial charge in [-0.2, -0.15) is 11.8 Å². The number of anilines is 1. The van der Waals surface area contributed by atoms with E-state index in [1.54, 1.807) is 0 Å². The lowest BCUT2D eigenvalue weighted by molar-refractivity contribution is 0.282. The Hall–Kier alpha value is -0.670. The SMILES string of the molecule is CSCCCCNc1ccc(CO)cc1. The Kier molecular flexibility index (Phi) is 6.28. The van der Waals surface area contributed by atoms with Crippen molar-refractivity contribution >= 4 is 17.4 Å². The molecule has 0 amide bonds. The Morgan fingerprint density at radius 3 is 2.53 bits per heavy atom. The third-order valence-corrected chi connectivity index (χ3v) is 2.94. The normalized spacial score (nSPS) is 10.3. The largest absolute Gasteiger partial charge is 0.392 e. The Morgan fingerprint density at radius 2 is 1.93 bits per heavy atom. The fraction of sp³-hybridized carbons (Fsp3) is 0.500. The molecule has 2 N–H and O–H groups in total. The summed E-state index contributed by atoms with van der Waals surface area (Å²) in [6.45, 7) is 1.15. The first-order chi connectivity index (χ1) is 7.36. The first-order valence-corrected chi connectivity index (χ1v) is 6.69. The highest BCUT2D eigenvalue weighted by Crippen LogP contribution is 2.09. The molecular weight excluding hydrogens is 206 g/mol. The molecule has 0 aliphatic heterocycles. The van der Waals surface area contributed by atoms with Gasteiger partial charge in [0, 0.05) is 12.2 Å². The van der Waals surface area contributed by atoms with Crippen LogP contribution in [0.25, 0.3) is 0 Å². The lowest BCUT2D eigenvalue weighted by atomic mass is 10.2. The Morgan fingerprint density at radius 1 is 1.20 bits per heavy atom. The van der Waals surface area contributed by atoms with E-state index in [9.17, 15) is 0 Å². The van der Waals surface area contributed by atoms with Crippen LogP contribution in [-0.2, 0) is 6.61 Å². The number of nitrogens with one attached hydrogen (secondary N) is 1. The van der Waals surface area contributed by atoms with Gasteiger partial charge in [0.05, 0.1) is 6.61 Å². The summed E-state index contributed by atoms with van der Waals surface area (Å²) in [5, 5.41) is 12.2. The van der Waals surface area contributed by atoms with Crippen molar-refractivity contribution in [3.8, 4) is 0 Å². The molecule has 2 nitrogen and oxygen atoms in total. The number of hydrogen-bond acceptors (Lipinski definition) is 3. The quantitative estimate of drug-likeness (QED) is 0.700. The molecule has 0 saturated carbocycles. The van der Waals surface area contributed by atoms with Crippen molar-refractivity contribution in [1.29, 1.82) is 0 Å². The minimum absolute atomic E-state index is 0.119. The molecule has 0 spiro atoms. The molecule has 0 aliphatic rings. The Labute approximate surface area is 96.1 Å². The highest BCUT2D eigenvalue weighted by atomic mass is 32.2. The summed E-state index contributed by atoms with van der Waals surface area (Å²) in [6.07, 6.45) is 4.62. The summed E-state index contributed by atoms with van der Waals surface area (Å²) < 4.78 is 0. The number of rotatable bonds is 7. The molecule has 0 bridgehead atoms. The van der Waals surface area contributed by atoms with E-state index in [-0.39, 0.29) is 6.61 Å². The molecule has 1 aromatic rings. The second kappa shape index (κ2) is 7.60. The molecule has 0 fully saturated rings. The van der Waals surface area contributed by atoms with Gasteiger partial charge in [-0.25, -0.2) is 0 Å². The number of unbranched alkanes of at least 4 members (excludes halogenated alkanes) is 1. The van der Waals surface area contributed by atoms with E-state index in [0.717, 1.165) is 17.8 Å². The standard InChI is InChI=1S/C12H19NOS/c1-15-9-3-2-8-13-12-6-4-11(10-14)5-7-12/h4-7,13-14H,2-3,8-10H2,1H3. The van der Waals surface area contributed by atoms with Crippen LogP contribution in [0.1, 0.15) is 18.4 Å². The van der Waals surface area contributed by atoms with E-state index in [1.165, 1.54) is 18.6 Å². The van der Waals surface area contributed by atoms with Gasteiger partial charge in [-0.3, -0.25) is 0 Å². The third kappa shape index (κ3) is 5.09. The molecule has 84 valence electrons. The predicted octanol–water partition coefficient (Wildman–Crippen LogP) is 2.73. The van der Waals surface area contributed by atoms with Crippen molar-refractivity contribution in [2.24, 2.45) is 0 Å².